The van der Waals surface area contributed by atoms with Gasteiger partial charge >= 0.3 is 39.5 Å². The Balaban J connectivity index is 5.21. The van der Waals surface area contributed by atoms with Gasteiger partial charge in [-0.3, -0.25) is 37.3 Å². The maximum absolute atomic E-state index is 13.1. The first-order valence-electron chi connectivity index (χ1n) is 41.1. The summed E-state index contributed by atoms with van der Waals surface area (Å²) >= 11 is 0. The van der Waals surface area contributed by atoms with Crippen LogP contribution in [0.1, 0.15) is 414 Å². The van der Waals surface area contributed by atoms with Crippen molar-refractivity contribution in [3.63, 3.8) is 0 Å². The van der Waals surface area contributed by atoms with Gasteiger partial charge in [0.25, 0.3) is 0 Å². The van der Waals surface area contributed by atoms with E-state index in [-0.39, 0.29) is 25.7 Å². The fraction of sp³-hybridized carbons (Fsp3) is 0.949. The van der Waals surface area contributed by atoms with Gasteiger partial charge in [-0.2, -0.15) is 0 Å². The molecule has 7 atom stereocenters. The number of carbonyl (C=O) groups is 4. The van der Waals surface area contributed by atoms with E-state index in [1.807, 2.05) is 0 Å². The number of hydrogen-bond acceptors (Lipinski definition) is 15. The smallest absolute Gasteiger partial charge is 0.462 e. The molecule has 0 saturated heterocycles. The monoisotopic (exact) mass is 1440 g/mol. The number of phosphoric acid groups is 2. The minimum absolute atomic E-state index is 0.102. The van der Waals surface area contributed by atoms with Gasteiger partial charge in [-0.1, -0.05) is 363 Å². The molecule has 0 aromatic rings. The molecule has 0 bridgehead atoms. The van der Waals surface area contributed by atoms with Crippen LogP contribution in [0.25, 0.3) is 0 Å². The van der Waals surface area contributed by atoms with Crippen LogP contribution >= 0.6 is 15.6 Å². The fourth-order valence-electron chi connectivity index (χ4n) is 12.1. The van der Waals surface area contributed by atoms with E-state index in [0.717, 1.165) is 108 Å². The van der Waals surface area contributed by atoms with E-state index in [9.17, 15) is 43.2 Å². The first kappa shape index (κ1) is 96.1. The van der Waals surface area contributed by atoms with Crippen LogP contribution in [0.2, 0.25) is 0 Å². The molecular weight excluding hydrogens is 1280 g/mol. The number of phosphoric ester groups is 2. The summed E-state index contributed by atoms with van der Waals surface area (Å²) in [5.74, 6) is -0.666. The van der Waals surface area contributed by atoms with Crippen LogP contribution in [0.15, 0.2) is 0 Å². The molecule has 0 rings (SSSR count). The van der Waals surface area contributed by atoms with Gasteiger partial charge in [0.15, 0.2) is 12.2 Å². The lowest BCUT2D eigenvalue weighted by Gasteiger charge is -2.21. The summed E-state index contributed by atoms with van der Waals surface area (Å²) < 4.78 is 68.6. The molecule has 0 heterocycles. The molecule has 0 fully saturated rings. The predicted octanol–water partition coefficient (Wildman–Crippen LogP) is 23.5. The zero-order valence-electron chi connectivity index (χ0n) is 64.1. The van der Waals surface area contributed by atoms with Gasteiger partial charge in [-0.05, 0) is 37.5 Å². The van der Waals surface area contributed by atoms with Gasteiger partial charge in [-0.15, -0.1) is 0 Å². The standard InChI is InChI=1S/C79H154O17P2/c1-7-11-13-15-17-19-21-23-25-27-29-30-32-34-36-38-40-42-51-57-63-78(83)95-74(67-89-76(81)61-55-49-41-39-37-35-33-31-28-26-24-22-20-18-16-14-12-8-2)69-93-97(85,86)91-65-73(80)66-92-98(87,88)94-70-75(96-79(84)64-58-52-46-44-48-54-60-72(6)10-4)68-90-77(82)62-56-50-45-43-47-53-59-71(5)9-3/h71-75,80H,7-70H2,1-6H3,(H,85,86)(H,87,88)/t71?,72?,73-,74-,75-/m1/s1. The maximum atomic E-state index is 13.1. The topological polar surface area (TPSA) is 237 Å². The molecule has 98 heavy (non-hydrogen) atoms. The van der Waals surface area contributed by atoms with Crippen LogP contribution in [-0.2, 0) is 65.4 Å². The predicted molar refractivity (Wildman–Crippen MR) is 400 cm³/mol. The van der Waals surface area contributed by atoms with Crippen molar-refractivity contribution >= 4 is 39.5 Å². The molecule has 0 aliphatic carbocycles. The summed E-state index contributed by atoms with van der Waals surface area (Å²) in [5, 5.41) is 10.6. The molecule has 0 aliphatic rings. The third-order valence-electron chi connectivity index (χ3n) is 19.2. The third kappa shape index (κ3) is 69.8. The zero-order valence-corrected chi connectivity index (χ0v) is 65.9. The number of hydrogen-bond donors (Lipinski definition) is 3. The third-order valence-corrected chi connectivity index (χ3v) is 21.1. The van der Waals surface area contributed by atoms with Crippen molar-refractivity contribution in [1.82, 2.24) is 0 Å². The summed E-state index contributed by atoms with van der Waals surface area (Å²) in [6.45, 7) is 9.52. The second kappa shape index (κ2) is 70.7. The molecule has 0 saturated carbocycles. The van der Waals surface area contributed by atoms with Gasteiger partial charge in [0.2, 0.25) is 0 Å². The van der Waals surface area contributed by atoms with Crippen molar-refractivity contribution in [1.29, 1.82) is 0 Å². The molecule has 0 spiro atoms. The Labute approximate surface area is 600 Å². The Morgan fingerprint density at radius 2 is 0.490 bits per heavy atom. The van der Waals surface area contributed by atoms with E-state index in [1.54, 1.807) is 0 Å². The summed E-state index contributed by atoms with van der Waals surface area (Å²) in [6.07, 6.45) is 59.9. The maximum Gasteiger partial charge on any atom is 0.472 e. The molecule has 4 unspecified atom stereocenters. The Bertz CT molecular complexity index is 1890. The number of aliphatic hydroxyl groups excluding tert-OH is 1. The second-order valence-electron chi connectivity index (χ2n) is 28.9. The molecule has 582 valence electrons. The molecule has 0 amide bonds. The van der Waals surface area contributed by atoms with Crippen LogP contribution in [0.4, 0.5) is 0 Å². The molecule has 0 aliphatic heterocycles. The Kier molecular flexibility index (Phi) is 69.3. The lowest BCUT2D eigenvalue weighted by atomic mass is 10.00. The van der Waals surface area contributed by atoms with Crippen molar-refractivity contribution in [3.05, 3.63) is 0 Å². The van der Waals surface area contributed by atoms with Crippen LogP contribution in [-0.4, -0.2) is 96.7 Å². The Morgan fingerprint density at radius 3 is 0.724 bits per heavy atom. The summed E-state index contributed by atoms with van der Waals surface area (Å²) in [6, 6.07) is 0. The van der Waals surface area contributed by atoms with Crippen molar-refractivity contribution in [3.8, 4) is 0 Å². The largest absolute Gasteiger partial charge is 0.472 e. The zero-order chi connectivity index (χ0) is 72.1. The number of aliphatic hydroxyl groups is 1. The van der Waals surface area contributed by atoms with E-state index >= 15 is 0 Å². The van der Waals surface area contributed by atoms with Crippen LogP contribution in [0, 0.1) is 11.8 Å². The molecule has 19 heteroatoms. The van der Waals surface area contributed by atoms with Gasteiger partial charge in [0.1, 0.15) is 19.3 Å². The van der Waals surface area contributed by atoms with Crippen molar-refractivity contribution in [2.75, 3.05) is 39.6 Å². The average Bonchev–Trinajstić information content (AvgIpc) is 0.944. The first-order valence-corrected chi connectivity index (χ1v) is 44.1. The minimum Gasteiger partial charge on any atom is -0.462 e. The Morgan fingerprint density at radius 1 is 0.286 bits per heavy atom. The van der Waals surface area contributed by atoms with E-state index < -0.39 is 97.5 Å². The highest BCUT2D eigenvalue weighted by molar-refractivity contribution is 7.47. The summed E-state index contributed by atoms with van der Waals surface area (Å²) in [7, 11) is -9.91. The average molecular weight is 1440 g/mol. The van der Waals surface area contributed by atoms with Crippen molar-refractivity contribution < 1.29 is 80.2 Å². The highest BCUT2D eigenvalue weighted by Crippen LogP contribution is 2.45. The number of esters is 4. The Hall–Kier alpha value is -1.94. The highest BCUT2D eigenvalue weighted by atomic mass is 31.2. The van der Waals surface area contributed by atoms with Gasteiger partial charge < -0.3 is 33.8 Å². The quantitative estimate of drug-likeness (QED) is 0.0222. The van der Waals surface area contributed by atoms with Crippen molar-refractivity contribution in [2.45, 2.75) is 432 Å². The molecule has 0 radical (unpaired) electrons. The molecule has 0 aromatic carbocycles. The van der Waals surface area contributed by atoms with E-state index in [0.29, 0.717) is 25.7 Å². The van der Waals surface area contributed by atoms with E-state index in [4.69, 9.17) is 37.0 Å². The number of carbonyl (C=O) groups excluding carboxylic acids is 4. The van der Waals surface area contributed by atoms with Gasteiger partial charge in [0, 0.05) is 25.7 Å². The first-order chi connectivity index (χ1) is 47.4. The minimum atomic E-state index is -4.96. The van der Waals surface area contributed by atoms with Crippen LogP contribution < -0.4 is 0 Å². The molecular formula is C79H154O17P2. The van der Waals surface area contributed by atoms with Gasteiger partial charge in [-0.25, -0.2) is 9.13 Å². The summed E-state index contributed by atoms with van der Waals surface area (Å²) in [5.41, 5.74) is 0. The molecule has 0 aromatic heterocycles. The number of ether oxygens (including phenoxy) is 4. The lowest BCUT2D eigenvalue weighted by molar-refractivity contribution is -0.161. The SMILES string of the molecule is CCCCCCCCCCCCCCCCCCCCCCC(=O)O[C@H](COC(=O)CCCCCCCCCCCCCCCCCCCC)COP(=O)(O)OC[C@@H](O)COP(=O)(O)OC[C@@H](COC(=O)CCCCCCCCC(C)CC)OC(=O)CCCCCCCCC(C)CC. The van der Waals surface area contributed by atoms with Crippen LogP contribution in [0.3, 0.4) is 0 Å². The molecule has 17 nitrogen and oxygen atoms in total. The highest BCUT2D eigenvalue weighted by Gasteiger charge is 2.30. The summed E-state index contributed by atoms with van der Waals surface area (Å²) in [4.78, 5) is 72.9. The second-order valence-corrected chi connectivity index (χ2v) is 31.8. The fourth-order valence-corrected chi connectivity index (χ4v) is 13.7. The molecule has 3 N–H and O–H groups in total. The lowest BCUT2D eigenvalue weighted by Crippen LogP contribution is -2.30. The van der Waals surface area contributed by atoms with Crippen molar-refractivity contribution in [2.24, 2.45) is 11.8 Å². The number of unbranched alkanes of at least 4 members (excludes halogenated alkanes) is 46. The van der Waals surface area contributed by atoms with E-state index in [2.05, 4.69) is 41.5 Å². The van der Waals surface area contributed by atoms with Gasteiger partial charge in [0.05, 0.1) is 26.4 Å². The van der Waals surface area contributed by atoms with Crippen LogP contribution in [0.5, 0.6) is 0 Å². The normalized spacial score (nSPS) is 14.5. The number of rotatable bonds is 78. The van der Waals surface area contributed by atoms with E-state index in [1.165, 1.54) is 225 Å².